The molecule has 3 rings (SSSR count). The monoisotopic (exact) mass is 332 g/mol. The van der Waals surface area contributed by atoms with Crippen molar-refractivity contribution in [2.45, 2.75) is 32.0 Å². The molecule has 0 atom stereocenters. The van der Waals surface area contributed by atoms with Crippen molar-refractivity contribution in [2.75, 3.05) is 14.2 Å². The summed E-state index contributed by atoms with van der Waals surface area (Å²) in [7, 11) is 3.23. The van der Waals surface area contributed by atoms with Crippen molar-refractivity contribution in [2.24, 2.45) is 0 Å². The summed E-state index contributed by atoms with van der Waals surface area (Å²) in [6.45, 7) is 1.70. The van der Waals surface area contributed by atoms with Gasteiger partial charge in [-0.3, -0.25) is 9.88 Å². The molecule has 1 saturated carbocycles. The Bertz CT molecular complexity index is 660. The van der Waals surface area contributed by atoms with Crippen molar-refractivity contribution in [1.82, 2.24) is 9.88 Å². The number of nitrogens with zero attached hydrogens (tertiary/aromatic N) is 2. The maximum Gasteiger partial charge on any atom is 0.179 e. The Labute approximate surface area is 142 Å². The first-order chi connectivity index (χ1) is 11.2. The largest absolute Gasteiger partial charge is 0.493 e. The summed E-state index contributed by atoms with van der Waals surface area (Å²) in [5, 5.41) is 0.632. The Balaban J connectivity index is 1.81. The van der Waals surface area contributed by atoms with Crippen molar-refractivity contribution < 1.29 is 9.47 Å². The molecule has 4 nitrogen and oxygen atoms in total. The smallest absolute Gasteiger partial charge is 0.179 e. The van der Waals surface area contributed by atoms with Crippen LogP contribution >= 0.6 is 11.6 Å². The van der Waals surface area contributed by atoms with Crippen LogP contribution in [0.5, 0.6) is 11.5 Å². The average Bonchev–Trinajstić information content (AvgIpc) is 3.41. The molecular formula is C18H21ClN2O2. The highest BCUT2D eigenvalue weighted by atomic mass is 35.5. The van der Waals surface area contributed by atoms with Gasteiger partial charge in [0.2, 0.25) is 0 Å². The van der Waals surface area contributed by atoms with E-state index >= 15 is 0 Å². The van der Waals surface area contributed by atoms with Gasteiger partial charge in [0.05, 0.1) is 19.2 Å². The second-order valence-corrected chi connectivity index (χ2v) is 6.14. The molecule has 1 aromatic carbocycles. The molecule has 1 fully saturated rings. The van der Waals surface area contributed by atoms with Crippen molar-refractivity contribution in [3.8, 4) is 11.5 Å². The molecule has 0 aliphatic heterocycles. The molecule has 5 heteroatoms. The van der Waals surface area contributed by atoms with Crippen LogP contribution in [0.3, 0.4) is 0 Å². The van der Waals surface area contributed by atoms with Crippen molar-refractivity contribution in [3.05, 3.63) is 52.8 Å². The Morgan fingerprint density at radius 3 is 2.43 bits per heavy atom. The third kappa shape index (κ3) is 3.77. The molecule has 1 heterocycles. The Hall–Kier alpha value is -1.78. The van der Waals surface area contributed by atoms with Crippen LogP contribution in [0, 0.1) is 0 Å². The molecular weight excluding hydrogens is 312 g/mol. The molecule has 23 heavy (non-hydrogen) atoms. The minimum absolute atomic E-state index is 0.603. The number of hydrogen-bond donors (Lipinski definition) is 0. The van der Waals surface area contributed by atoms with Crippen molar-refractivity contribution in [1.29, 1.82) is 0 Å². The zero-order valence-electron chi connectivity index (χ0n) is 13.5. The van der Waals surface area contributed by atoms with Crippen LogP contribution in [0.4, 0.5) is 0 Å². The zero-order chi connectivity index (χ0) is 16.2. The third-order valence-electron chi connectivity index (χ3n) is 4.14. The van der Waals surface area contributed by atoms with Crippen LogP contribution in [-0.4, -0.2) is 30.1 Å². The van der Waals surface area contributed by atoms with Crippen LogP contribution < -0.4 is 9.47 Å². The fourth-order valence-electron chi connectivity index (χ4n) is 2.75. The molecule has 0 spiro atoms. The van der Waals surface area contributed by atoms with Crippen LogP contribution in [-0.2, 0) is 13.1 Å². The minimum atomic E-state index is 0.603. The second kappa shape index (κ2) is 7.20. The fourth-order valence-corrected chi connectivity index (χ4v) is 3.04. The maximum atomic E-state index is 6.52. The highest BCUT2D eigenvalue weighted by Crippen LogP contribution is 2.39. The standard InChI is InChI=1S/C18H21ClN2O2/c1-22-16-6-3-14(17(19)18(16)23-2)12-21(15-4-5-15)11-13-7-9-20-10-8-13/h3,6-10,15H,4-5,11-12H2,1-2H3. The summed E-state index contributed by atoms with van der Waals surface area (Å²) < 4.78 is 10.7. The van der Waals surface area contributed by atoms with Gasteiger partial charge >= 0.3 is 0 Å². The summed E-state index contributed by atoms with van der Waals surface area (Å²) in [5.41, 5.74) is 2.33. The van der Waals surface area contributed by atoms with Gasteiger partial charge in [0.15, 0.2) is 11.5 Å². The quantitative estimate of drug-likeness (QED) is 0.769. The number of benzene rings is 1. The van der Waals surface area contributed by atoms with Gasteiger partial charge in [-0.25, -0.2) is 0 Å². The van der Waals surface area contributed by atoms with Crippen molar-refractivity contribution >= 4 is 11.6 Å². The van der Waals surface area contributed by atoms with E-state index in [4.69, 9.17) is 21.1 Å². The van der Waals surface area contributed by atoms with Crippen molar-refractivity contribution in [3.63, 3.8) is 0 Å². The molecule has 0 saturated heterocycles. The number of ether oxygens (including phenoxy) is 2. The lowest BCUT2D eigenvalue weighted by molar-refractivity contribution is 0.245. The van der Waals surface area contributed by atoms with Gasteiger partial charge in [0, 0.05) is 31.5 Å². The van der Waals surface area contributed by atoms with E-state index in [9.17, 15) is 0 Å². The Kier molecular flexibility index (Phi) is 5.03. The van der Waals surface area contributed by atoms with E-state index in [1.165, 1.54) is 18.4 Å². The predicted octanol–water partition coefficient (Wildman–Crippen LogP) is 3.92. The topological polar surface area (TPSA) is 34.6 Å². The Morgan fingerprint density at radius 1 is 1.09 bits per heavy atom. The number of pyridine rings is 1. The third-order valence-corrected chi connectivity index (χ3v) is 4.55. The van der Waals surface area contributed by atoms with Crippen LogP contribution in [0.2, 0.25) is 5.02 Å². The summed E-state index contributed by atoms with van der Waals surface area (Å²) in [5.74, 6) is 1.26. The average molecular weight is 333 g/mol. The molecule has 1 aliphatic rings. The molecule has 2 aromatic rings. The van der Waals surface area contributed by atoms with E-state index in [0.29, 0.717) is 22.6 Å². The van der Waals surface area contributed by atoms with Gasteiger partial charge < -0.3 is 9.47 Å². The van der Waals surface area contributed by atoms with Gasteiger partial charge in [-0.05, 0) is 42.2 Å². The van der Waals surface area contributed by atoms with Gasteiger partial charge in [-0.15, -0.1) is 0 Å². The minimum Gasteiger partial charge on any atom is -0.493 e. The van der Waals surface area contributed by atoms with Gasteiger partial charge in [0.1, 0.15) is 0 Å². The number of methoxy groups -OCH3 is 2. The van der Waals surface area contributed by atoms with E-state index in [-0.39, 0.29) is 0 Å². The molecule has 122 valence electrons. The normalized spacial score (nSPS) is 14.1. The first-order valence-electron chi connectivity index (χ1n) is 7.75. The fraction of sp³-hybridized carbons (Fsp3) is 0.389. The van der Waals surface area contributed by atoms with E-state index in [1.807, 2.05) is 24.5 Å². The lowest BCUT2D eigenvalue weighted by atomic mass is 10.1. The zero-order valence-corrected chi connectivity index (χ0v) is 14.2. The number of rotatable bonds is 7. The second-order valence-electron chi connectivity index (χ2n) is 5.77. The number of aromatic nitrogens is 1. The van der Waals surface area contributed by atoms with Crippen LogP contribution in [0.25, 0.3) is 0 Å². The summed E-state index contributed by atoms with van der Waals surface area (Å²) >= 11 is 6.52. The maximum absolute atomic E-state index is 6.52. The van der Waals surface area contributed by atoms with Crippen LogP contribution in [0.1, 0.15) is 24.0 Å². The van der Waals surface area contributed by atoms with Crippen LogP contribution in [0.15, 0.2) is 36.7 Å². The summed E-state index contributed by atoms with van der Waals surface area (Å²) in [4.78, 5) is 6.54. The molecule has 0 bridgehead atoms. The molecule has 0 amide bonds. The van der Waals surface area contributed by atoms with E-state index in [2.05, 4.69) is 22.0 Å². The van der Waals surface area contributed by atoms with E-state index in [0.717, 1.165) is 18.7 Å². The molecule has 1 aromatic heterocycles. The molecule has 0 N–H and O–H groups in total. The van der Waals surface area contributed by atoms with Gasteiger partial charge in [0.25, 0.3) is 0 Å². The SMILES string of the molecule is COc1ccc(CN(Cc2ccncc2)C2CC2)c(Cl)c1OC. The predicted molar refractivity (Wildman–Crippen MR) is 91.1 cm³/mol. The highest BCUT2D eigenvalue weighted by molar-refractivity contribution is 6.33. The lowest BCUT2D eigenvalue weighted by Crippen LogP contribution is -2.25. The molecule has 0 radical (unpaired) electrons. The van der Waals surface area contributed by atoms with E-state index < -0.39 is 0 Å². The first kappa shape index (κ1) is 16.1. The van der Waals surface area contributed by atoms with Gasteiger partial charge in [-0.2, -0.15) is 0 Å². The molecule has 0 unspecified atom stereocenters. The van der Waals surface area contributed by atoms with Gasteiger partial charge in [-0.1, -0.05) is 17.7 Å². The first-order valence-corrected chi connectivity index (χ1v) is 8.13. The highest BCUT2D eigenvalue weighted by Gasteiger charge is 2.29. The van der Waals surface area contributed by atoms with E-state index in [1.54, 1.807) is 14.2 Å². The number of hydrogen-bond acceptors (Lipinski definition) is 4. The Morgan fingerprint density at radius 2 is 1.83 bits per heavy atom. The summed E-state index contributed by atoms with van der Waals surface area (Å²) in [6, 6.07) is 8.69. The lowest BCUT2D eigenvalue weighted by Gasteiger charge is -2.23. The summed E-state index contributed by atoms with van der Waals surface area (Å²) in [6.07, 6.45) is 6.17. The molecule has 1 aliphatic carbocycles. The number of halogens is 1.